The molecule has 8 nitrogen and oxygen atoms in total. The molecule has 160 valence electrons. The van der Waals surface area contributed by atoms with Crippen LogP contribution in [0.4, 0.5) is 11.4 Å². The summed E-state index contributed by atoms with van der Waals surface area (Å²) in [5, 5.41) is 11.6. The first-order chi connectivity index (χ1) is 14.7. The number of ether oxygens (including phenoxy) is 1. The average Bonchev–Trinajstić information content (AvgIpc) is 2.74. The summed E-state index contributed by atoms with van der Waals surface area (Å²) in [6.45, 7) is 1.40. The van der Waals surface area contributed by atoms with Gasteiger partial charge in [-0.05, 0) is 61.5 Å². The van der Waals surface area contributed by atoms with Gasteiger partial charge in [0.25, 0.3) is 21.6 Å². The van der Waals surface area contributed by atoms with Gasteiger partial charge in [0.1, 0.15) is 5.75 Å². The Morgan fingerprint density at radius 3 is 2.19 bits per heavy atom. The van der Waals surface area contributed by atoms with E-state index in [0.29, 0.717) is 15.1 Å². The van der Waals surface area contributed by atoms with Crippen LogP contribution < -0.4 is 9.04 Å². The van der Waals surface area contributed by atoms with Crippen molar-refractivity contribution in [3.05, 3.63) is 93.0 Å². The molecule has 3 aromatic carbocycles. The molecule has 0 saturated carbocycles. The van der Waals surface area contributed by atoms with Gasteiger partial charge in [0.2, 0.25) is 0 Å². The third-order valence-electron chi connectivity index (χ3n) is 4.58. The van der Waals surface area contributed by atoms with Crippen LogP contribution in [0.5, 0.6) is 5.75 Å². The van der Waals surface area contributed by atoms with Crippen LogP contribution in [0.25, 0.3) is 0 Å². The van der Waals surface area contributed by atoms with Gasteiger partial charge in [0, 0.05) is 16.7 Å². The molecule has 3 aromatic rings. The Balaban J connectivity index is 2.21. The SMILES string of the molecule is COc1ccc(N(C(=O)c2cccc([N+](=O)[O-])c2C)S(=O)(=O)c2ccc(Cl)cc2)cc1. The van der Waals surface area contributed by atoms with Crippen molar-refractivity contribution >= 4 is 38.9 Å². The van der Waals surface area contributed by atoms with Crippen molar-refractivity contribution < 1.29 is 22.9 Å². The van der Waals surface area contributed by atoms with Crippen molar-refractivity contribution in [3.8, 4) is 5.75 Å². The molecule has 0 spiro atoms. The molecule has 3 rings (SSSR count). The zero-order valence-corrected chi connectivity index (χ0v) is 18.1. The topological polar surface area (TPSA) is 107 Å². The summed E-state index contributed by atoms with van der Waals surface area (Å²) in [5.41, 5.74) is -0.291. The van der Waals surface area contributed by atoms with E-state index in [1.54, 1.807) is 0 Å². The maximum atomic E-state index is 13.4. The molecule has 0 saturated heterocycles. The van der Waals surface area contributed by atoms with Gasteiger partial charge in [-0.1, -0.05) is 17.7 Å². The molecular formula is C21H17ClN2O6S. The van der Waals surface area contributed by atoms with Gasteiger partial charge in [-0.25, -0.2) is 8.42 Å². The number of methoxy groups -OCH3 is 1. The first kappa shape index (κ1) is 22.3. The van der Waals surface area contributed by atoms with Crippen molar-refractivity contribution in [1.29, 1.82) is 0 Å². The summed E-state index contributed by atoms with van der Waals surface area (Å²) < 4.78 is 32.6. The monoisotopic (exact) mass is 460 g/mol. The van der Waals surface area contributed by atoms with Gasteiger partial charge < -0.3 is 4.74 Å². The Hall–Kier alpha value is -3.43. The predicted molar refractivity (Wildman–Crippen MR) is 116 cm³/mol. The van der Waals surface area contributed by atoms with Crippen molar-refractivity contribution in [2.75, 3.05) is 11.4 Å². The molecule has 0 aromatic heterocycles. The lowest BCUT2D eigenvalue weighted by atomic mass is 10.1. The molecule has 0 fully saturated rings. The van der Waals surface area contributed by atoms with E-state index in [9.17, 15) is 23.3 Å². The lowest BCUT2D eigenvalue weighted by Crippen LogP contribution is -2.37. The standard InChI is InChI=1S/C21H17ClN2O6S/c1-14-19(4-3-5-20(14)24(26)27)21(25)23(16-8-10-17(30-2)11-9-16)31(28,29)18-12-6-15(22)7-13-18/h3-13H,1-2H3. The van der Waals surface area contributed by atoms with Crippen molar-refractivity contribution in [2.45, 2.75) is 11.8 Å². The number of carbonyl (C=O) groups excluding carboxylic acids is 1. The van der Waals surface area contributed by atoms with Crippen molar-refractivity contribution in [1.82, 2.24) is 0 Å². The lowest BCUT2D eigenvalue weighted by Gasteiger charge is -2.23. The molecule has 0 atom stereocenters. The van der Waals surface area contributed by atoms with Crippen LogP contribution >= 0.6 is 11.6 Å². The maximum Gasteiger partial charge on any atom is 0.273 e. The summed E-state index contributed by atoms with van der Waals surface area (Å²) in [6, 6.07) is 15.1. The Morgan fingerprint density at radius 1 is 1.03 bits per heavy atom. The number of hydrogen-bond donors (Lipinski definition) is 0. The highest BCUT2D eigenvalue weighted by Gasteiger charge is 2.33. The molecule has 1 amide bonds. The maximum absolute atomic E-state index is 13.4. The number of anilines is 1. The van der Waals surface area contributed by atoms with Crippen LogP contribution in [-0.2, 0) is 10.0 Å². The van der Waals surface area contributed by atoms with Crippen LogP contribution in [0.2, 0.25) is 5.02 Å². The Kier molecular flexibility index (Phi) is 6.28. The number of hydrogen-bond acceptors (Lipinski definition) is 6. The second-order valence-corrected chi connectivity index (χ2v) is 8.66. The molecule has 0 radical (unpaired) electrons. The second-order valence-electron chi connectivity index (χ2n) is 6.43. The van der Waals surface area contributed by atoms with E-state index in [0.717, 1.165) is 0 Å². The largest absolute Gasteiger partial charge is 0.497 e. The van der Waals surface area contributed by atoms with E-state index in [1.165, 1.54) is 80.8 Å². The molecule has 0 N–H and O–H groups in total. The first-order valence-corrected chi connectivity index (χ1v) is 10.7. The number of nitro groups is 1. The van der Waals surface area contributed by atoms with Gasteiger partial charge in [-0.3, -0.25) is 14.9 Å². The molecule has 0 heterocycles. The highest BCUT2D eigenvalue weighted by Crippen LogP contribution is 2.30. The summed E-state index contributed by atoms with van der Waals surface area (Å²) in [6.07, 6.45) is 0. The summed E-state index contributed by atoms with van der Waals surface area (Å²) >= 11 is 5.86. The second kappa shape index (κ2) is 8.75. The summed E-state index contributed by atoms with van der Waals surface area (Å²) in [7, 11) is -2.92. The summed E-state index contributed by atoms with van der Waals surface area (Å²) in [5.74, 6) is -0.465. The smallest absolute Gasteiger partial charge is 0.273 e. The molecule has 10 heteroatoms. The number of carbonyl (C=O) groups is 1. The van der Waals surface area contributed by atoms with Gasteiger partial charge in [-0.15, -0.1) is 0 Å². The van der Waals surface area contributed by atoms with E-state index in [1.807, 2.05) is 0 Å². The summed E-state index contributed by atoms with van der Waals surface area (Å²) in [4.78, 5) is 24.0. The van der Waals surface area contributed by atoms with Crippen molar-refractivity contribution in [3.63, 3.8) is 0 Å². The van der Waals surface area contributed by atoms with E-state index < -0.39 is 20.9 Å². The fourth-order valence-electron chi connectivity index (χ4n) is 2.96. The number of sulfonamides is 1. The number of halogens is 1. The van der Waals surface area contributed by atoms with Crippen LogP contribution in [-0.4, -0.2) is 26.4 Å². The molecule has 0 aliphatic heterocycles. The molecule has 0 aliphatic rings. The number of rotatable bonds is 6. The number of nitro benzene ring substituents is 1. The first-order valence-electron chi connectivity index (χ1n) is 8.90. The fraction of sp³-hybridized carbons (Fsp3) is 0.0952. The number of nitrogens with zero attached hydrogens (tertiary/aromatic N) is 2. The van der Waals surface area contributed by atoms with Gasteiger partial charge in [0.15, 0.2) is 0 Å². The number of benzene rings is 3. The average molecular weight is 461 g/mol. The third-order valence-corrected chi connectivity index (χ3v) is 6.55. The van der Waals surface area contributed by atoms with E-state index in [-0.39, 0.29) is 27.4 Å². The minimum Gasteiger partial charge on any atom is -0.497 e. The molecule has 0 aliphatic carbocycles. The lowest BCUT2D eigenvalue weighted by molar-refractivity contribution is -0.385. The minimum absolute atomic E-state index is 0.0478. The molecule has 0 bridgehead atoms. The van der Waals surface area contributed by atoms with Gasteiger partial charge in [-0.2, -0.15) is 4.31 Å². The zero-order chi connectivity index (χ0) is 22.8. The van der Waals surface area contributed by atoms with Crippen LogP contribution in [0, 0.1) is 17.0 Å². The van der Waals surface area contributed by atoms with Crippen LogP contribution in [0.3, 0.4) is 0 Å². The highest BCUT2D eigenvalue weighted by molar-refractivity contribution is 7.93. The quantitative estimate of drug-likeness (QED) is 0.393. The van der Waals surface area contributed by atoms with E-state index >= 15 is 0 Å². The highest BCUT2D eigenvalue weighted by atomic mass is 35.5. The van der Waals surface area contributed by atoms with Crippen LogP contribution in [0.1, 0.15) is 15.9 Å². The van der Waals surface area contributed by atoms with E-state index in [2.05, 4.69) is 0 Å². The Morgan fingerprint density at radius 2 is 1.65 bits per heavy atom. The predicted octanol–water partition coefficient (Wildman–Crippen LogP) is 4.60. The number of amides is 1. The minimum atomic E-state index is -4.37. The molecule has 0 unspecified atom stereocenters. The Labute approximate surface area is 183 Å². The zero-order valence-electron chi connectivity index (χ0n) is 16.5. The Bertz CT molecular complexity index is 1240. The van der Waals surface area contributed by atoms with Crippen LogP contribution in [0.15, 0.2) is 71.6 Å². The van der Waals surface area contributed by atoms with Gasteiger partial charge in [0.05, 0.1) is 28.2 Å². The molecular weight excluding hydrogens is 444 g/mol. The van der Waals surface area contributed by atoms with Crippen molar-refractivity contribution in [2.24, 2.45) is 0 Å². The molecule has 31 heavy (non-hydrogen) atoms. The van der Waals surface area contributed by atoms with Gasteiger partial charge >= 0.3 is 0 Å². The fourth-order valence-corrected chi connectivity index (χ4v) is 4.49. The third kappa shape index (κ3) is 4.37. The normalized spacial score (nSPS) is 11.1. The van der Waals surface area contributed by atoms with E-state index in [4.69, 9.17) is 16.3 Å².